The molecule has 0 saturated carbocycles. The van der Waals surface area contributed by atoms with Gasteiger partial charge in [0, 0.05) is 23.9 Å². The minimum Gasteiger partial charge on any atom is -0.466 e. The van der Waals surface area contributed by atoms with Crippen LogP contribution in [0.5, 0.6) is 0 Å². The second kappa shape index (κ2) is 9.22. The number of carbonyl (C=O) groups excluding carboxylic acids is 1. The molecule has 6 nitrogen and oxygen atoms in total. The van der Waals surface area contributed by atoms with Gasteiger partial charge in [0.2, 0.25) is 0 Å². The molecule has 1 aromatic carbocycles. The second-order valence-corrected chi connectivity index (χ2v) is 5.97. The summed E-state index contributed by atoms with van der Waals surface area (Å²) in [6.07, 6.45) is 1.23. The fourth-order valence-electron chi connectivity index (χ4n) is 2.31. The van der Waals surface area contributed by atoms with Crippen molar-refractivity contribution in [3.05, 3.63) is 58.4 Å². The molecular weight excluding hydrogens is 385 g/mol. The summed E-state index contributed by atoms with van der Waals surface area (Å²) in [4.78, 5) is 16.0. The molecule has 2 rings (SSSR count). The Morgan fingerprint density at radius 2 is 2.11 bits per heavy atom. The van der Waals surface area contributed by atoms with Crippen LogP contribution in [0.15, 0.2) is 30.5 Å². The maximum atomic E-state index is 14.1. The summed E-state index contributed by atoms with van der Waals surface area (Å²) < 4.78 is 46.1. The molecule has 0 spiro atoms. The highest BCUT2D eigenvalue weighted by atomic mass is 35.5. The molecule has 1 atom stereocenters. The molecule has 0 fully saturated rings. The first-order valence-corrected chi connectivity index (χ1v) is 8.14. The molecule has 1 heterocycles. The van der Waals surface area contributed by atoms with Crippen LogP contribution >= 0.6 is 11.6 Å². The number of nitrogens with zero attached hydrogens (tertiary/aromatic N) is 1. The lowest BCUT2D eigenvalue weighted by Crippen LogP contribution is -2.18. The van der Waals surface area contributed by atoms with E-state index in [1.165, 1.54) is 18.3 Å². The van der Waals surface area contributed by atoms with E-state index >= 15 is 0 Å². The van der Waals surface area contributed by atoms with Crippen molar-refractivity contribution in [3.8, 4) is 0 Å². The van der Waals surface area contributed by atoms with E-state index in [-0.39, 0.29) is 30.0 Å². The van der Waals surface area contributed by atoms with Gasteiger partial charge in [-0.15, -0.1) is 0 Å². The van der Waals surface area contributed by atoms with Crippen LogP contribution in [-0.2, 0) is 4.74 Å². The van der Waals surface area contributed by atoms with E-state index in [2.05, 4.69) is 10.3 Å². The fraction of sp³-hybridized carbons (Fsp3) is 0.235. The number of nitrogens with two attached hydrogens (primary N) is 1. The van der Waals surface area contributed by atoms with Gasteiger partial charge in [0.1, 0.15) is 5.69 Å². The van der Waals surface area contributed by atoms with Gasteiger partial charge < -0.3 is 15.8 Å². The molecule has 0 aliphatic heterocycles. The SMILES string of the molecule is N=C(N)OCC[C@@H](CF)c1cc(NC(=O)c2ccc(Cl)cn2)cc(F)c1F. The van der Waals surface area contributed by atoms with Crippen molar-refractivity contribution in [3.63, 3.8) is 0 Å². The summed E-state index contributed by atoms with van der Waals surface area (Å²) >= 11 is 5.70. The Hall–Kier alpha value is -2.81. The molecule has 0 aliphatic carbocycles. The van der Waals surface area contributed by atoms with Crippen LogP contribution in [0, 0.1) is 17.0 Å². The topological polar surface area (TPSA) is 101 Å². The van der Waals surface area contributed by atoms with Crippen LogP contribution in [0.3, 0.4) is 0 Å². The number of aromatic nitrogens is 1. The van der Waals surface area contributed by atoms with Gasteiger partial charge in [-0.05, 0) is 30.2 Å². The summed E-state index contributed by atoms with van der Waals surface area (Å²) in [5.41, 5.74) is 4.73. The highest BCUT2D eigenvalue weighted by Crippen LogP contribution is 2.28. The van der Waals surface area contributed by atoms with Crippen LogP contribution in [-0.4, -0.2) is 30.2 Å². The number of carbonyl (C=O) groups is 1. The predicted molar refractivity (Wildman–Crippen MR) is 94.8 cm³/mol. The van der Waals surface area contributed by atoms with Crippen molar-refractivity contribution in [2.75, 3.05) is 18.6 Å². The highest BCUT2D eigenvalue weighted by molar-refractivity contribution is 6.30. The van der Waals surface area contributed by atoms with Gasteiger partial charge in [-0.3, -0.25) is 14.6 Å². The minimum atomic E-state index is -1.24. The van der Waals surface area contributed by atoms with E-state index in [9.17, 15) is 18.0 Å². The van der Waals surface area contributed by atoms with E-state index in [1.54, 1.807) is 0 Å². The van der Waals surface area contributed by atoms with Crippen LogP contribution in [0.4, 0.5) is 18.9 Å². The Morgan fingerprint density at radius 3 is 2.70 bits per heavy atom. The van der Waals surface area contributed by atoms with Gasteiger partial charge in [-0.1, -0.05) is 11.6 Å². The Bertz CT molecular complexity index is 834. The van der Waals surface area contributed by atoms with Crippen LogP contribution < -0.4 is 11.1 Å². The van der Waals surface area contributed by atoms with Crippen LogP contribution in [0.2, 0.25) is 5.02 Å². The molecule has 1 aromatic heterocycles. The lowest BCUT2D eigenvalue weighted by molar-refractivity contribution is 0.102. The zero-order valence-electron chi connectivity index (χ0n) is 13.9. The standard InChI is InChI=1S/C17H16ClF3N4O2/c18-10-1-2-14(24-8-10)16(26)25-11-5-12(15(21)13(20)6-11)9(7-19)3-4-27-17(22)23/h1-2,5-6,8-9H,3-4,7H2,(H3,22,23)(H,25,26)/t9-/m0/s1. The molecule has 4 N–H and O–H groups in total. The quantitative estimate of drug-likeness (QED) is 0.488. The third-order valence-electron chi connectivity index (χ3n) is 3.62. The Labute approximate surface area is 158 Å². The first-order valence-electron chi connectivity index (χ1n) is 7.76. The largest absolute Gasteiger partial charge is 0.466 e. The Kier molecular flexibility index (Phi) is 7.00. The van der Waals surface area contributed by atoms with Gasteiger partial charge in [0.25, 0.3) is 11.9 Å². The van der Waals surface area contributed by atoms with Crippen molar-refractivity contribution >= 4 is 29.2 Å². The molecule has 0 bridgehead atoms. The highest BCUT2D eigenvalue weighted by Gasteiger charge is 2.21. The van der Waals surface area contributed by atoms with E-state index in [1.807, 2.05) is 0 Å². The zero-order valence-corrected chi connectivity index (χ0v) is 14.7. The molecule has 144 valence electrons. The average Bonchev–Trinajstić information content (AvgIpc) is 2.62. The van der Waals surface area contributed by atoms with Crippen molar-refractivity contribution in [1.29, 1.82) is 5.41 Å². The van der Waals surface area contributed by atoms with Gasteiger partial charge in [0.15, 0.2) is 11.6 Å². The monoisotopic (exact) mass is 400 g/mol. The normalized spacial score (nSPS) is 11.7. The number of pyridine rings is 1. The number of alkyl halides is 1. The molecule has 0 saturated heterocycles. The lowest BCUT2D eigenvalue weighted by atomic mass is 9.96. The number of hydrogen-bond donors (Lipinski definition) is 3. The first kappa shape index (κ1) is 20.5. The summed E-state index contributed by atoms with van der Waals surface area (Å²) in [5.74, 6) is -4.16. The van der Waals surface area contributed by atoms with E-state index in [4.69, 9.17) is 27.5 Å². The van der Waals surface area contributed by atoms with Crippen molar-refractivity contribution < 1.29 is 22.7 Å². The van der Waals surface area contributed by atoms with E-state index in [0.29, 0.717) is 5.02 Å². The fourth-order valence-corrected chi connectivity index (χ4v) is 2.42. The number of anilines is 1. The average molecular weight is 401 g/mol. The Balaban J connectivity index is 2.21. The molecule has 0 radical (unpaired) electrons. The lowest BCUT2D eigenvalue weighted by Gasteiger charge is -2.16. The zero-order chi connectivity index (χ0) is 20.0. The molecule has 1 amide bonds. The molecule has 27 heavy (non-hydrogen) atoms. The van der Waals surface area contributed by atoms with Gasteiger partial charge in [0.05, 0.1) is 18.3 Å². The van der Waals surface area contributed by atoms with Crippen molar-refractivity contribution in [2.45, 2.75) is 12.3 Å². The Morgan fingerprint density at radius 1 is 1.37 bits per heavy atom. The predicted octanol–water partition coefficient (Wildman–Crippen LogP) is 3.62. The smallest absolute Gasteiger partial charge is 0.278 e. The molecule has 2 aromatic rings. The number of nitrogens with one attached hydrogen (secondary N) is 2. The van der Waals surface area contributed by atoms with Gasteiger partial charge >= 0.3 is 0 Å². The third kappa shape index (κ3) is 5.58. The third-order valence-corrected chi connectivity index (χ3v) is 3.85. The second-order valence-electron chi connectivity index (χ2n) is 5.53. The van der Waals surface area contributed by atoms with Gasteiger partial charge in [-0.2, -0.15) is 0 Å². The number of benzene rings is 1. The minimum absolute atomic E-state index is 0.0163. The van der Waals surface area contributed by atoms with Crippen LogP contribution in [0.25, 0.3) is 0 Å². The van der Waals surface area contributed by atoms with Gasteiger partial charge in [-0.25, -0.2) is 13.8 Å². The maximum Gasteiger partial charge on any atom is 0.278 e. The molecular formula is C17H16ClF3N4O2. The first-order chi connectivity index (χ1) is 12.8. The summed E-state index contributed by atoms with van der Waals surface area (Å²) in [7, 11) is 0. The number of halogens is 4. The summed E-state index contributed by atoms with van der Waals surface area (Å²) in [6, 6.07) is 4.19. The molecule has 10 heteroatoms. The number of amides is 1. The molecule has 0 aliphatic rings. The molecule has 0 unspecified atom stereocenters. The van der Waals surface area contributed by atoms with Crippen molar-refractivity contribution in [2.24, 2.45) is 5.73 Å². The summed E-state index contributed by atoms with van der Waals surface area (Å²) in [5, 5.41) is 9.66. The van der Waals surface area contributed by atoms with Crippen LogP contribution in [0.1, 0.15) is 28.4 Å². The van der Waals surface area contributed by atoms with E-state index in [0.717, 1.165) is 12.1 Å². The summed E-state index contributed by atoms with van der Waals surface area (Å²) in [6.45, 7) is -1.13. The van der Waals surface area contributed by atoms with E-state index < -0.39 is 36.2 Å². The maximum absolute atomic E-state index is 14.1. The number of ether oxygens (including phenoxy) is 1. The number of hydrogen-bond acceptors (Lipinski definition) is 4. The van der Waals surface area contributed by atoms with Crippen molar-refractivity contribution in [1.82, 2.24) is 4.98 Å². The number of amidine groups is 1. The number of rotatable bonds is 7.